The van der Waals surface area contributed by atoms with Gasteiger partial charge in [-0.25, -0.2) is 0 Å². The molecule has 0 aromatic rings. The van der Waals surface area contributed by atoms with Crippen LogP contribution in [0.1, 0.15) is 96.8 Å². The van der Waals surface area contributed by atoms with Gasteiger partial charge in [-0.15, -0.1) is 0 Å². The Kier molecular flexibility index (Phi) is 14.1. The number of aliphatic carboxylic acids is 1. The number of carbonyl (C=O) groups is 2. The minimum Gasteiger partial charge on any atom is -0.481 e. The molecule has 0 aliphatic carbocycles. The minimum atomic E-state index is -1.03. The van der Waals surface area contributed by atoms with Crippen molar-refractivity contribution in [3.8, 4) is 0 Å². The number of ketones is 1. The highest BCUT2D eigenvalue weighted by Gasteiger charge is 2.34. The summed E-state index contributed by atoms with van der Waals surface area (Å²) in [6.45, 7) is 2.36. The van der Waals surface area contributed by atoms with Crippen molar-refractivity contribution in [1.29, 1.82) is 0 Å². The number of hydrogen-bond acceptors (Lipinski definition) is 6. The number of aliphatic hydroxyl groups is 2. The molecule has 0 bridgehead atoms. The van der Waals surface area contributed by atoms with E-state index in [0.29, 0.717) is 19.4 Å². The van der Waals surface area contributed by atoms with Crippen LogP contribution in [-0.2, 0) is 19.1 Å². The first kappa shape index (κ1) is 26.0. The summed E-state index contributed by atoms with van der Waals surface area (Å²) < 4.78 is 11.1. The van der Waals surface area contributed by atoms with Crippen LogP contribution in [-0.4, -0.2) is 58.3 Å². The van der Waals surface area contributed by atoms with Crippen molar-refractivity contribution >= 4 is 11.8 Å². The van der Waals surface area contributed by atoms with E-state index in [1.54, 1.807) is 6.92 Å². The summed E-state index contributed by atoms with van der Waals surface area (Å²) in [7, 11) is 0. The fraction of sp³-hybridized carbons (Fsp3) is 0.909. The predicted molar refractivity (Wildman–Crippen MR) is 110 cm³/mol. The number of unbranched alkanes of at least 4 members (excludes halogenated alkanes) is 10. The van der Waals surface area contributed by atoms with Crippen molar-refractivity contribution in [2.75, 3.05) is 6.61 Å². The molecule has 0 radical (unpaired) electrons. The number of Topliss-reactive ketones (excluding diaryl/α,β-unsaturated/α-hetero) is 1. The van der Waals surface area contributed by atoms with Gasteiger partial charge in [-0.1, -0.05) is 57.8 Å². The molecular formula is C22H40O7. The molecule has 4 atom stereocenters. The van der Waals surface area contributed by atoms with Crippen LogP contribution >= 0.6 is 0 Å². The molecule has 1 aliphatic heterocycles. The molecular weight excluding hydrogens is 376 g/mol. The van der Waals surface area contributed by atoms with Gasteiger partial charge < -0.3 is 24.8 Å². The molecule has 0 aromatic heterocycles. The smallest absolute Gasteiger partial charge is 0.310 e. The molecule has 1 fully saturated rings. The lowest BCUT2D eigenvalue weighted by atomic mass is 10.0. The molecule has 0 saturated carbocycles. The number of hydrogen-bond donors (Lipinski definition) is 3. The Morgan fingerprint density at radius 3 is 1.93 bits per heavy atom. The van der Waals surface area contributed by atoms with Gasteiger partial charge in [0.15, 0.2) is 6.29 Å². The second-order valence-electron chi connectivity index (χ2n) is 8.20. The average molecular weight is 417 g/mol. The molecule has 1 aliphatic rings. The first-order chi connectivity index (χ1) is 13.9. The van der Waals surface area contributed by atoms with Crippen molar-refractivity contribution < 1.29 is 34.4 Å². The summed E-state index contributed by atoms with van der Waals surface area (Å²) in [5.41, 5.74) is 0. The summed E-state index contributed by atoms with van der Waals surface area (Å²) in [6.07, 6.45) is 10.3. The quantitative estimate of drug-likeness (QED) is 0.245. The number of carbonyl (C=O) groups excluding carboxylic acids is 1. The first-order valence-corrected chi connectivity index (χ1v) is 11.3. The first-order valence-electron chi connectivity index (χ1n) is 11.3. The van der Waals surface area contributed by atoms with Crippen LogP contribution in [0, 0.1) is 0 Å². The Morgan fingerprint density at radius 1 is 0.862 bits per heavy atom. The SMILES string of the molecule is C[C@@H]1O[C@@H](OCCCCCCCCCCCCCC(=O)CC(=O)O)[C@H](O)C[C@H]1O. The molecule has 170 valence electrons. The molecule has 1 saturated heterocycles. The second-order valence-corrected chi connectivity index (χ2v) is 8.20. The van der Waals surface area contributed by atoms with E-state index >= 15 is 0 Å². The van der Waals surface area contributed by atoms with Crippen molar-refractivity contribution in [2.45, 2.75) is 121 Å². The molecule has 1 rings (SSSR count). The Balaban J connectivity index is 1.81. The van der Waals surface area contributed by atoms with Crippen LogP contribution in [0.3, 0.4) is 0 Å². The van der Waals surface area contributed by atoms with E-state index in [4.69, 9.17) is 14.6 Å². The number of ether oxygens (including phenoxy) is 2. The zero-order valence-corrected chi connectivity index (χ0v) is 17.9. The van der Waals surface area contributed by atoms with Crippen LogP contribution in [0.25, 0.3) is 0 Å². The lowest BCUT2D eigenvalue weighted by Gasteiger charge is -2.35. The Morgan fingerprint density at radius 2 is 1.38 bits per heavy atom. The highest BCUT2D eigenvalue weighted by Crippen LogP contribution is 2.21. The summed E-state index contributed by atoms with van der Waals surface area (Å²) in [6, 6.07) is 0. The maximum absolute atomic E-state index is 11.3. The van der Waals surface area contributed by atoms with Crippen LogP contribution in [0.5, 0.6) is 0 Å². The van der Waals surface area contributed by atoms with Crippen LogP contribution in [0.2, 0.25) is 0 Å². The molecule has 1 heterocycles. The van der Waals surface area contributed by atoms with Gasteiger partial charge in [0.2, 0.25) is 0 Å². The Bertz CT molecular complexity index is 454. The van der Waals surface area contributed by atoms with Crippen LogP contribution in [0.4, 0.5) is 0 Å². The number of carboxylic acid groups (broad SMARTS) is 1. The monoisotopic (exact) mass is 416 g/mol. The van der Waals surface area contributed by atoms with E-state index < -0.39 is 24.5 Å². The van der Waals surface area contributed by atoms with Gasteiger partial charge in [0.25, 0.3) is 0 Å². The Hall–Kier alpha value is -1.02. The van der Waals surface area contributed by atoms with Gasteiger partial charge in [-0.05, 0) is 19.8 Å². The van der Waals surface area contributed by atoms with Gasteiger partial charge in [0, 0.05) is 19.4 Å². The fourth-order valence-corrected chi connectivity index (χ4v) is 3.57. The fourth-order valence-electron chi connectivity index (χ4n) is 3.57. The topological polar surface area (TPSA) is 113 Å². The molecule has 29 heavy (non-hydrogen) atoms. The van der Waals surface area contributed by atoms with Crippen LogP contribution < -0.4 is 0 Å². The van der Waals surface area contributed by atoms with Crippen molar-refractivity contribution in [3.05, 3.63) is 0 Å². The second kappa shape index (κ2) is 15.8. The van der Waals surface area contributed by atoms with Gasteiger partial charge in [-0.3, -0.25) is 9.59 Å². The molecule has 0 aromatic carbocycles. The lowest BCUT2D eigenvalue weighted by molar-refractivity contribution is -0.261. The van der Waals surface area contributed by atoms with E-state index in [2.05, 4.69) is 0 Å². The summed E-state index contributed by atoms with van der Waals surface area (Å²) >= 11 is 0. The van der Waals surface area contributed by atoms with Gasteiger partial charge in [-0.2, -0.15) is 0 Å². The zero-order valence-electron chi connectivity index (χ0n) is 17.9. The van der Waals surface area contributed by atoms with E-state index in [-0.39, 0.29) is 18.3 Å². The normalized spacial score (nSPS) is 24.5. The third kappa shape index (κ3) is 13.0. The van der Waals surface area contributed by atoms with Crippen molar-refractivity contribution in [3.63, 3.8) is 0 Å². The van der Waals surface area contributed by atoms with E-state index in [9.17, 15) is 19.8 Å². The number of rotatable bonds is 17. The minimum absolute atomic E-state index is 0.168. The molecule has 7 nitrogen and oxygen atoms in total. The number of carboxylic acids is 1. The maximum atomic E-state index is 11.3. The van der Waals surface area contributed by atoms with Crippen LogP contribution in [0.15, 0.2) is 0 Å². The molecule has 3 N–H and O–H groups in total. The predicted octanol–water partition coefficient (Wildman–Crippen LogP) is 3.58. The zero-order chi connectivity index (χ0) is 21.5. The van der Waals surface area contributed by atoms with Gasteiger partial charge >= 0.3 is 5.97 Å². The molecule has 0 unspecified atom stereocenters. The maximum Gasteiger partial charge on any atom is 0.310 e. The van der Waals surface area contributed by atoms with Gasteiger partial charge in [0.1, 0.15) is 18.3 Å². The average Bonchev–Trinajstić information content (AvgIpc) is 2.65. The standard InChI is InChI=1S/C22H40O7/c1-17-19(24)16-20(25)22(29-17)28-14-12-10-8-6-4-2-3-5-7-9-11-13-18(23)15-21(26)27/h17,19-20,22,24-25H,2-16H2,1H3,(H,26,27)/t17-,19+,20+,22+/m0/s1. The molecule has 0 spiro atoms. The highest BCUT2D eigenvalue weighted by atomic mass is 16.7. The number of aliphatic hydroxyl groups excluding tert-OH is 2. The molecule has 0 amide bonds. The lowest BCUT2D eigenvalue weighted by Crippen LogP contribution is -2.47. The van der Waals surface area contributed by atoms with E-state index in [0.717, 1.165) is 32.1 Å². The summed E-state index contributed by atoms with van der Waals surface area (Å²) in [4.78, 5) is 21.7. The van der Waals surface area contributed by atoms with E-state index in [1.807, 2.05) is 0 Å². The summed E-state index contributed by atoms with van der Waals surface area (Å²) in [5, 5.41) is 28.0. The largest absolute Gasteiger partial charge is 0.481 e. The summed E-state index contributed by atoms with van der Waals surface area (Å²) in [5.74, 6) is -1.20. The van der Waals surface area contributed by atoms with Crippen molar-refractivity contribution in [1.82, 2.24) is 0 Å². The van der Waals surface area contributed by atoms with Gasteiger partial charge in [0.05, 0.1) is 12.2 Å². The highest BCUT2D eigenvalue weighted by molar-refractivity contribution is 5.94. The van der Waals surface area contributed by atoms with E-state index in [1.165, 1.54) is 38.5 Å². The molecule has 7 heteroatoms. The third-order valence-corrected chi connectivity index (χ3v) is 5.42. The van der Waals surface area contributed by atoms with Crippen molar-refractivity contribution in [2.24, 2.45) is 0 Å². The third-order valence-electron chi connectivity index (χ3n) is 5.42. The Labute approximate surface area is 174 Å².